The Balaban J connectivity index is 2.14. The van der Waals surface area contributed by atoms with Gasteiger partial charge in [0.2, 0.25) is 0 Å². The number of rotatable bonds is 10. The smallest absolute Gasteiger partial charge is 0.118 e. The summed E-state index contributed by atoms with van der Waals surface area (Å²) in [6.45, 7) is 7.97. The summed E-state index contributed by atoms with van der Waals surface area (Å²) in [5, 5.41) is 4.02. The van der Waals surface area contributed by atoms with Crippen LogP contribution in [0, 0.1) is 0 Å². The maximum absolute atomic E-state index is 5.30. The van der Waals surface area contributed by atoms with Gasteiger partial charge in [0.1, 0.15) is 5.75 Å². The number of hydrogen-bond donors (Lipinski definition) is 1. The number of nitrogens with one attached hydrogen (secondary N) is 1. The van der Waals surface area contributed by atoms with Crippen molar-refractivity contribution in [2.45, 2.75) is 30.4 Å². The molecule has 0 heterocycles. The molecule has 0 radical (unpaired) electrons. The van der Waals surface area contributed by atoms with E-state index in [4.69, 9.17) is 9.47 Å². The van der Waals surface area contributed by atoms with Gasteiger partial charge in [-0.2, -0.15) is 0 Å². The van der Waals surface area contributed by atoms with Crippen molar-refractivity contribution in [2.75, 3.05) is 33.4 Å². The van der Waals surface area contributed by atoms with Crippen LogP contribution in [-0.2, 0) is 4.74 Å². The number of hydrogen-bond acceptors (Lipinski definition) is 4. The van der Waals surface area contributed by atoms with Crippen molar-refractivity contribution >= 4 is 11.8 Å². The van der Waals surface area contributed by atoms with Crippen LogP contribution < -0.4 is 10.1 Å². The molecule has 0 saturated heterocycles. The molecule has 0 bridgehead atoms. The van der Waals surface area contributed by atoms with Crippen molar-refractivity contribution in [2.24, 2.45) is 0 Å². The lowest BCUT2D eigenvalue weighted by Gasteiger charge is -2.12. The highest BCUT2D eigenvalue weighted by Gasteiger charge is 2.04. The molecule has 4 heteroatoms. The van der Waals surface area contributed by atoms with Gasteiger partial charge in [0.25, 0.3) is 0 Å². The number of benzene rings is 1. The Morgan fingerprint density at radius 1 is 1.26 bits per heavy atom. The summed E-state index contributed by atoms with van der Waals surface area (Å²) in [5.74, 6) is 0.908. The second-order valence-electron chi connectivity index (χ2n) is 4.36. The molecule has 0 aliphatic carbocycles. The number of ether oxygens (including phenoxy) is 2. The quantitative estimate of drug-likeness (QED) is 0.528. The maximum Gasteiger partial charge on any atom is 0.118 e. The minimum atomic E-state index is 0.556. The SMILES string of the molecule is CCOCCCNCC(C)Sc1ccc(OC)cc1. The van der Waals surface area contributed by atoms with Crippen molar-refractivity contribution in [3.63, 3.8) is 0 Å². The first-order valence-electron chi connectivity index (χ1n) is 6.85. The first kappa shape index (κ1) is 16.3. The fourth-order valence-electron chi connectivity index (χ4n) is 1.68. The fraction of sp³-hybridized carbons (Fsp3) is 0.600. The average Bonchev–Trinajstić information content (AvgIpc) is 2.43. The minimum Gasteiger partial charge on any atom is -0.497 e. The maximum atomic E-state index is 5.30. The molecule has 1 aromatic carbocycles. The Morgan fingerprint density at radius 3 is 2.63 bits per heavy atom. The van der Waals surface area contributed by atoms with Crippen LogP contribution in [0.1, 0.15) is 20.3 Å². The summed E-state index contributed by atoms with van der Waals surface area (Å²) in [5.41, 5.74) is 0. The molecule has 0 aliphatic heterocycles. The third kappa shape index (κ3) is 7.45. The van der Waals surface area contributed by atoms with Crippen molar-refractivity contribution < 1.29 is 9.47 Å². The standard InChI is InChI=1S/C15H25NO2S/c1-4-18-11-5-10-16-12-13(2)19-15-8-6-14(17-3)7-9-15/h6-9,13,16H,4-5,10-12H2,1-3H3. The van der Waals surface area contributed by atoms with Crippen molar-refractivity contribution in [3.05, 3.63) is 24.3 Å². The first-order chi connectivity index (χ1) is 9.26. The van der Waals surface area contributed by atoms with Gasteiger partial charge in [-0.25, -0.2) is 0 Å². The van der Waals surface area contributed by atoms with E-state index in [1.54, 1.807) is 7.11 Å². The highest BCUT2D eigenvalue weighted by atomic mass is 32.2. The first-order valence-corrected chi connectivity index (χ1v) is 7.73. The lowest BCUT2D eigenvalue weighted by atomic mass is 10.3. The second kappa shape index (κ2) is 10.1. The topological polar surface area (TPSA) is 30.5 Å². The molecule has 0 spiro atoms. The molecule has 0 aliphatic rings. The Morgan fingerprint density at radius 2 is 2.00 bits per heavy atom. The molecule has 0 aromatic heterocycles. The van der Waals surface area contributed by atoms with E-state index >= 15 is 0 Å². The molecule has 1 aromatic rings. The van der Waals surface area contributed by atoms with Crippen molar-refractivity contribution in [3.8, 4) is 5.75 Å². The summed E-state index contributed by atoms with van der Waals surface area (Å²) in [7, 11) is 1.69. The van der Waals surface area contributed by atoms with E-state index in [0.29, 0.717) is 5.25 Å². The lowest BCUT2D eigenvalue weighted by Crippen LogP contribution is -2.24. The molecule has 1 rings (SSSR count). The zero-order valence-corrected chi connectivity index (χ0v) is 13.0. The molecule has 0 amide bonds. The minimum absolute atomic E-state index is 0.556. The van der Waals surface area contributed by atoms with Gasteiger partial charge in [-0.1, -0.05) is 6.92 Å². The fourth-order valence-corrected chi connectivity index (χ4v) is 2.64. The van der Waals surface area contributed by atoms with Crippen molar-refractivity contribution in [1.82, 2.24) is 5.32 Å². The van der Waals surface area contributed by atoms with Gasteiger partial charge in [0.15, 0.2) is 0 Å². The van der Waals surface area contributed by atoms with Crippen molar-refractivity contribution in [1.29, 1.82) is 0 Å². The Hall–Kier alpha value is -0.710. The Kier molecular flexibility index (Phi) is 8.71. The highest BCUT2D eigenvalue weighted by molar-refractivity contribution is 8.00. The van der Waals surface area contributed by atoms with E-state index in [1.165, 1.54) is 4.90 Å². The Labute approximate surface area is 121 Å². The third-order valence-corrected chi connectivity index (χ3v) is 3.79. The third-order valence-electron chi connectivity index (χ3n) is 2.67. The van der Waals surface area contributed by atoms with Gasteiger partial charge in [-0.3, -0.25) is 0 Å². The molecule has 3 nitrogen and oxygen atoms in total. The van der Waals surface area contributed by atoms with E-state index in [9.17, 15) is 0 Å². The van der Waals surface area contributed by atoms with Gasteiger partial charge in [0, 0.05) is 29.9 Å². The molecule has 0 fully saturated rings. The van der Waals surface area contributed by atoms with Gasteiger partial charge in [0.05, 0.1) is 7.11 Å². The molecule has 1 N–H and O–H groups in total. The van der Waals surface area contributed by atoms with E-state index in [-0.39, 0.29) is 0 Å². The van der Waals surface area contributed by atoms with Gasteiger partial charge in [-0.05, 0) is 44.2 Å². The lowest BCUT2D eigenvalue weighted by molar-refractivity contribution is 0.145. The number of methoxy groups -OCH3 is 1. The van der Waals surface area contributed by atoms with Crippen LogP contribution in [-0.4, -0.2) is 38.7 Å². The van der Waals surface area contributed by atoms with Gasteiger partial charge in [-0.15, -0.1) is 11.8 Å². The van der Waals surface area contributed by atoms with Gasteiger partial charge >= 0.3 is 0 Å². The highest BCUT2D eigenvalue weighted by Crippen LogP contribution is 2.24. The normalized spacial score (nSPS) is 12.4. The van der Waals surface area contributed by atoms with E-state index in [1.807, 2.05) is 30.8 Å². The van der Waals surface area contributed by atoms with E-state index in [2.05, 4.69) is 24.4 Å². The van der Waals surface area contributed by atoms with Crippen LogP contribution in [0.4, 0.5) is 0 Å². The van der Waals surface area contributed by atoms with Crippen LogP contribution in [0.25, 0.3) is 0 Å². The molecule has 1 unspecified atom stereocenters. The predicted molar refractivity (Wildman–Crippen MR) is 82.3 cm³/mol. The second-order valence-corrected chi connectivity index (χ2v) is 5.87. The summed E-state index contributed by atoms with van der Waals surface area (Å²) in [6, 6.07) is 8.22. The molecule has 19 heavy (non-hydrogen) atoms. The predicted octanol–water partition coefficient (Wildman–Crippen LogP) is 3.19. The average molecular weight is 283 g/mol. The number of thioether (sulfide) groups is 1. The van der Waals surface area contributed by atoms with E-state index < -0.39 is 0 Å². The molecular formula is C15H25NO2S. The molecule has 1 atom stereocenters. The van der Waals surface area contributed by atoms with Crippen LogP contribution >= 0.6 is 11.8 Å². The summed E-state index contributed by atoms with van der Waals surface area (Å²) in [4.78, 5) is 1.28. The molecule has 108 valence electrons. The van der Waals surface area contributed by atoms with Crippen LogP contribution in [0.2, 0.25) is 0 Å². The zero-order chi connectivity index (χ0) is 13.9. The van der Waals surface area contributed by atoms with Crippen LogP contribution in [0.15, 0.2) is 29.2 Å². The largest absolute Gasteiger partial charge is 0.497 e. The van der Waals surface area contributed by atoms with Gasteiger partial charge < -0.3 is 14.8 Å². The summed E-state index contributed by atoms with van der Waals surface area (Å²) in [6.07, 6.45) is 1.08. The molecule has 0 saturated carbocycles. The monoisotopic (exact) mass is 283 g/mol. The molecular weight excluding hydrogens is 258 g/mol. The van der Waals surface area contributed by atoms with Crippen LogP contribution in [0.3, 0.4) is 0 Å². The van der Waals surface area contributed by atoms with Crippen LogP contribution in [0.5, 0.6) is 5.75 Å². The summed E-state index contributed by atoms with van der Waals surface area (Å²) < 4.78 is 10.5. The zero-order valence-electron chi connectivity index (χ0n) is 12.1. The summed E-state index contributed by atoms with van der Waals surface area (Å²) >= 11 is 1.88. The van der Waals surface area contributed by atoms with E-state index in [0.717, 1.165) is 38.5 Å². The Bertz CT molecular complexity index is 329.